The Balaban J connectivity index is 2.00. The lowest BCUT2D eigenvalue weighted by molar-refractivity contribution is -0.136. The Bertz CT molecular complexity index is 403. The van der Waals surface area contributed by atoms with Gasteiger partial charge in [-0.1, -0.05) is 35.0 Å². The minimum Gasteiger partial charge on any atom is -0.337 e. The fourth-order valence-corrected chi connectivity index (χ4v) is 2.61. The Labute approximate surface area is 117 Å². The van der Waals surface area contributed by atoms with Gasteiger partial charge in [-0.05, 0) is 37.1 Å². The van der Waals surface area contributed by atoms with E-state index in [0.717, 1.165) is 30.4 Å². The van der Waals surface area contributed by atoms with E-state index >= 15 is 0 Å². The van der Waals surface area contributed by atoms with E-state index < -0.39 is 0 Å². The zero-order valence-electron chi connectivity index (χ0n) is 10.7. The van der Waals surface area contributed by atoms with Crippen LogP contribution in [0, 0.1) is 0 Å². The molecule has 0 spiro atoms. The molecule has 1 saturated heterocycles. The minimum absolute atomic E-state index is 0.0131. The Hall–Kier alpha value is -0.870. The molecule has 1 atom stereocenters. The van der Waals surface area contributed by atoms with Gasteiger partial charge in [0.2, 0.25) is 5.91 Å². The number of carbonyl (C=O) groups excluding carboxylic acids is 1. The van der Waals surface area contributed by atoms with Gasteiger partial charge in [-0.15, -0.1) is 0 Å². The topological polar surface area (TPSA) is 32.3 Å². The van der Waals surface area contributed by atoms with Crippen LogP contribution in [0.2, 0.25) is 0 Å². The highest BCUT2D eigenvalue weighted by Crippen LogP contribution is 2.17. The van der Waals surface area contributed by atoms with Crippen LogP contribution in [0.5, 0.6) is 0 Å². The number of hydrogen-bond donors (Lipinski definition) is 1. The number of amides is 1. The number of piperidine rings is 1. The third kappa shape index (κ3) is 3.33. The lowest BCUT2D eigenvalue weighted by Gasteiger charge is -2.32. The largest absolute Gasteiger partial charge is 0.337 e. The van der Waals surface area contributed by atoms with E-state index in [2.05, 4.69) is 33.4 Å². The quantitative estimate of drug-likeness (QED) is 0.927. The number of carbonyl (C=O) groups is 1. The molecule has 0 aromatic heterocycles. The SMILES string of the molecule is CCNC1CCCN(Cc2ccc(Br)cc2)C1=O. The summed E-state index contributed by atoms with van der Waals surface area (Å²) >= 11 is 3.42. The molecule has 0 saturated carbocycles. The third-order valence-electron chi connectivity index (χ3n) is 3.27. The Kier molecular flexibility index (Phi) is 4.78. The van der Waals surface area contributed by atoms with Crippen LogP contribution in [-0.2, 0) is 11.3 Å². The molecule has 1 aliphatic heterocycles. The van der Waals surface area contributed by atoms with E-state index in [9.17, 15) is 4.79 Å². The van der Waals surface area contributed by atoms with Crippen LogP contribution in [0.15, 0.2) is 28.7 Å². The van der Waals surface area contributed by atoms with Gasteiger partial charge in [0.1, 0.15) is 0 Å². The molecule has 0 radical (unpaired) electrons. The second kappa shape index (κ2) is 6.34. The predicted octanol–water partition coefficient (Wildman–Crippen LogP) is 2.55. The van der Waals surface area contributed by atoms with E-state index in [1.54, 1.807) is 0 Å². The van der Waals surface area contributed by atoms with Crippen molar-refractivity contribution in [3.8, 4) is 0 Å². The minimum atomic E-state index is 0.0131. The van der Waals surface area contributed by atoms with Crippen LogP contribution in [0.1, 0.15) is 25.3 Å². The van der Waals surface area contributed by atoms with Crippen molar-refractivity contribution in [2.24, 2.45) is 0 Å². The van der Waals surface area contributed by atoms with E-state index in [-0.39, 0.29) is 11.9 Å². The standard InChI is InChI=1S/C14H19BrN2O/c1-2-16-13-4-3-9-17(14(13)18)10-11-5-7-12(15)8-6-11/h5-8,13,16H,2-4,9-10H2,1H3. The lowest BCUT2D eigenvalue weighted by Crippen LogP contribution is -2.50. The summed E-state index contributed by atoms with van der Waals surface area (Å²) in [5.74, 6) is 0.242. The fraction of sp³-hybridized carbons (Fsp3) is 0.500. The molecule has 1 fully saturated rings. The van der Waals surface area contributed by atoms with Crippen LogP contribution < -0.4 is 5.32 Å². The summed E-state index contributed by atoms with van der Waals surface area (Å²) in [6.45, 7) is 4.48. The van der Waals surface area contributed by atoms with Gasteiger partial charge in [0.05, 0.1) is 6.04 Å². The number of likely N-dealkylation sites (tertiary alicyclic amines) is 1. The Morgan fingerprint density at radius 1 is 1.39 bits per heavy atom. The maximum Gasteiger partial charge on any atom is 0.240 e. The number of nitrogens with one attached hydrogen (secondary N) is 1. The van der Waals surface area contributed by atoms with Crippen molar-refractivity contribution in [1.29, 1.82) is 0 Å². The van der Waals surface area contributed by atoms with Crippen LogP contribution >= 0.6 is 15.9 Å². The average Bonchev–Trinajstić information content (AvgIpc) is 2.37. The molecule has 2 rings (SSSR count). The molecule has 1 N–H and O–H groups in total. The number of likely N-dealkylation sites (N-methyl/N-ethyl adjacent to an activating group) is 1. The van der Waals surface area contributed by atoms with Crippen molar-refractivity contribution in [1.82, 2.24) is 10.2 Å². The van der Waals surface area contributed by atoms with Gasteiger partial charge in [0, 0.05) is 17.6 Å². The highest BCUT2D eigenvalue weighted by atomic mass is 79.9. The number of benzene rings is 1. The zero-order valence-corrected chi connectivity index (χ0v) is 12.2. The van der Waals surface area contributed by atoms with Crippen LogP contribution in [0.4, 0.5) is 0 Å². The lowest BCUT2D eigenvalue weighted by atomic mass is 10.0. The number of halogens is 1. The fourth-order valence-electron chi connectivity index (χ4n) is 2.34. The molecule has 0 aliphatic carbocycles. The van der Waals surface area contributed by atoms with Gasteiger partial charge in [-0.25, -0.2) is 0 Å². The first-order valence-corrected chi connectivity index (χ1v) is 7.26. The van der Waals surface area contributed by atoms with Gasteiger partial charge in [-0.2, -0.15) is 0 Å². The Morgan fingerprint density at radius 2 is 2.11 bits per heavy atom. The first-order valence-electron chi connectivity index (χ1n) is 6.47. The zero-order chi connectivity index (χ0) is 13.0. The highest BCUT2D eigenvalue weighted by molar-refractivity contribution is 9.10. The van der Waals surface area contributed by atoms with E-state index in [0.29, 0.717) is 6.54 Å². The average molecular weight is 311 g/mol. The molecule has 0 bridgehead atoms. The maximum atomic E-state index is 12.2. The molecule has 1 unspecified atom stereocenters. The number of rotatable bonds is 4. The number of nitrogens with zero attached hydrogens (tertiary/aromatic N) is 1. The molecular weight excluding hydrogens is 292 g/mol. The van der Waals surface area contributed by atoms with Gasteiger partial charge in [-0.3, -0.25) is 4.79 Å². The first-order chi connectivity index (χ1) is 8.70. The smallest absolute Gasteiger partial charge is 0.240 e. The summed E-state index contributed by atoms with van der Waals surface area (Å²) < 4.78 is 1.07. The second-order valence-corrected chi connectivity index (χ2v) is 5.55. The van der Waals surface area contributed by atoms with Gasteiger partial charge in [0.25, 0.3) is 0 Å². The third-order valence-corrected chi connectivity index (χ3v) is 3.80. The molecule has 1 amide bonds. The van der Waals surface area contributed by atoms with Crippen molar-refractivity contribution >= 4 is 21.8 Å². The highest BCUT2D eigenvalue weighted by Gasteiger charge is 2.27. The first kappa shape index (κ1) is 13.6. The van der Waals surface area contributed by atoms with E-state index in [4.69, 9.17) is 0 Å². The Morgan fingerprint density at radius 3 is 2.78 bits per heavy atom. The van der Waals surface area contributed by atoms with Gasteiger partial charge >= 0.3 is 0 Å². The second-order valence-electron chi connectivity index (χ2n) is 4.64. The maximum absolute atomic E-state index is 12.2. The van der Waals surface area contributed by atoms with E-state index in [1.807, 2.05) is 24.0 Å². The van der Waals surface area contributed by atoms with Crippen LogP contribution in [0.3, 0.4) is 0 Å². The summed E-state index contributed by atoms with van der Waals surface area (Å²) in [5, 5.41) is 3.26. The molecule has 1 heterocycles. The van der Waals surface area contributed by atoms with Crippen molar-refractivity contribution in [2.45, 2.75) is 32.4 Å². The summed E-state index contributed by atoms with van der Waals surface area (Å²) in [7, 11) is 0. The molecule has 1 aromatic carbocycles. The van der Waals surface area contributed by atoms with Crippen molar-refractivity contribution in [2.75, 3.05) is 13.1 Å². The number of hydrogen-bond acceptors (Lipinski definition) is 2. The molecule has 1 aliphatic rings. The van der Waals surface area contributed by atoms with Gasteiger partial charge < -0.3 is 10.2 Å². The summed E-state index contributed by atoms with van der Waals surface area (Å²) in [6, 6.07) is 8.18. The summed E-state index contributed by atoms with van der Waals surface area (Å²) in [6.07, 6.45) is 2.05. The normalized spacial score (nSPS) is 20.2. The predicted molar refractivity (Wildman–Crippen MR) is 76.3 cm³/mol. The summed E-state index contributed by atoms with van der Waals surface area (Å²) in [4.78, 5) is 14.2. The van der Waals surface area contributed by atoms with Crippen LogP contribution in [0.25, 0.3) is 0 Å². The van der Waals surface area contributed by atoms with Crippen molar-refractivity contribution in [3.63, 3.8) is 0 Å². The summed E-state index contributed by atoms with van der Waals surface area (Å²) in [5.41, 5.74) is 1.18. The molecule has 98 valence electrons. The monoisotopic (exact) mass is 310 g/mol. The molecule has 3 nitrogen and oxygen atoms in total. The molecule has 18 heavy (non-hydrogen) atoms. The van der Waals surface area contributed by atoms with Crippen molar-refractivity contribution < 1.29 is 4.79 Å². The molecule has 4 heteroatoms. The van der Waals surface area contributed by atoms with Gasteiger partial charge in [0.15, 0.2) is 0 Å². The van der Waals surface area contributed by atoms with Crippen molar-refractivity contribution in [3.05, 3.63) is 34.3 Å². The molecule has 1 aromatic rings. The molecular formula is C14H19BrN2O. The van der Waals surface area contributed by atoms with E-state index in [1.165, 1.54) is 5.56 Å². The van der Waals surface area contributed by atoms with Crippen LogP contribution in [-0.4, -0.2) is 29.9 Å².